The second-order valence-corrected chi connectivity index (χ2v) is 7.79. The number of nitrogens with zero attached hydrogens (tertiary/aromatic N) is 5. The molecule has 1 aromatic carbocycles. The zero-order valence-corrected chi connectivity index (χ0v) is 20.0. The van der Waals surface area contributed by atoms with Crippen molar-refractivity contribution in [3.63, 3.8) is 0 Å². The maximum Gasteiger partial charge on any atom is 0.257 e. The van der Waals surface area contributed by atoms with Crippen LogP contribution in [0.2, 0.25) is 0 Å². The molecule has 6 N–H and O–H groups in total. The first-order chi connectivity index (χ1) is 16.8. The van der Waals surface area contributed by atoms with Crippen LogP contribution in [0.1, 0.15) is 30.1 Å². The summed E-state index contributed by atoms with van der Waals surface area (Å²) >= 11 is 0. The highest BCUT2D eigenvalue weighted by Gasteiger charge is 2.28. The van der Waals surface area contributed by atoms with Gasteiger partial charge < -0.3 is 27.0 Å². The van der Waals surface area contributed by atoms with Crippen LogP contribution in [0.3, 0.4) is 0 Å². The van der Waals surface area contributed by atoms with Gasteiger partial charge in [0.15, 0.2) is 23.3 Å². The average Bonchev–Trinajstić information content (AvgIpc) is 2.84. The number of nitrogens with two attached hydrogens (primary N) is 2. The Kier molecular flexibility index (Phi) is 14.9. The van der Waals surface area contributed by atoms with Gasteiger partial charge in [-0.05, 0) is 18.5 Å². The number of azide groups is 1. The van der Waals surface area contributed by atoms with E-state index in [0.717, 1.165) is 45.6 Å². The van der Waals surface area contributed by atoms with Crippen molar-refractivity contribution in [3.8, 4) is 0 Å². The average molecular weight is 506 g/mol. The SMILES string of the molecule is CCCCN(CCNCCN)CCN(CCN)CCNC(=O)c1c(F)c(F)c(N=[N+]=[N-])c(F)c1F. The summed E-state index contributed by atoms with van der Waals surface area (Å²) in [4.78, 5) is 18.7. The summed E-state index contributed by atoms with van der Waals surface area (Å²) in [5, 5.41) is 8.13. The van der Waals surface area contributed by atoms with Crippen molar-refractivity contribution in [3.05, 3.63) is 39.3 Å². The van der Waals surface area contributed by atoms with Crippen molar-refractivity contribution in [1.82, 2.24) is 20.4 Å². The fraction of sp³-hybridized carbons (Fsp3) is 0.667. The van der Waals surface area contributed by atoms with E-state index in [2.05, 4.69) is 32.5 Å². The topological polar surface area (TPSA) is 148 Å². The molecule has 0 saturated carbocycles. The number of benzene rings is 1. The first kappa shape index (κ1) is 30.6. The maximum atomic E-state index is 14.2. The Bertz CT molecular complexity index is 824. The lowest BCUT2D eigenvalue weighted by molar-refractivity contribution is 0.0936. The second kappa shape index (κ2) is 17.0. The largest absolute Gasteiger partial charge is 0.351 e. The third-order valence-corrected chi connectivity index (χ3v) is 5.26. The molecule has 35 heavy (non-hydrogen) atoms. The Morgan fingerprint density at radius 1 is 0.886 bits per heavy atom. The molecule has 0 aromatic heterocycles. The highest BCUT2D eigenvalue weighted by molar-refractivity contribution is 5.95. The van der Waals surface area contributed by atoms with E-state index in [1.807, 2.05) is 4.90 Å². The fourth-order valence-electron chi connectivity index (χ4n) is 3.35. The minimum absolute atomic E-state index is 0.0356. The lowest BCUT2D eigenvalue weighted by atomic mass is 10.1. The Morgan fingerprint density at radius 2 is 1.49 bits per heavy atom. The number of carbonyl (C=O) groups is 1. The van der Waals surface area contributed by atoms with Crippen LogP contribution in [-0.4, -0.2) is 87.7 Å². The van der Waals surface area contributed by atoms with Crippen LogP contribution in [0.15, 0.2) is 5.11 Å². The van der Waals surface area contributed by atoms with Gasteiger partial charge in [0.25, 0.3) is 5.91 Å². The molecular weight excluding hydrogens is 470 g/mol. The van der Waals surface area contributed by atoms with E-state index in [0.29, 0.717) is 32.7 Å². The first-order valence-corrected chi connectivity index (χ1v) is 11.6. The van der Waals surface area contributed by atoms with Crippen molar-refractivity contribution in [2.75, 3.05) is 72.0 Å². The predicted octanol–water partition coefficient (Wildman–Crippen LogP) is 1.83. The molecule has 14 heteroatoms. The third kappa shape index (κ3) is 9.96. The number of hydrogen-bond acceptors (Lipinski definition) is 7. The van der Waals surface area contributed by atoms with Crippen molar-refractivity contribution < 1.29 is 22.4 Å². The molecule has 0 spiro atoms. The highest BCUT2D eigenvalue weighted by atomic mass is 19.2. The molecule has 0 aliphatic heterocycles. The molecular formula is C21H35F4N9O. The Hall–Kier alpha value is -2.48. The normalized spacial score (nSPS) is 11.2. The van der Waals surface area contributed by atoms with Crippen molar-refractivity contribution in [2.45, 2.75) is 19.8 Å². The smallest absolute Gasteiger partial charge is 0.257 e. The van der Waals surface area contributed by atoms with Crippen LogP contribution in [0.5, 0.6) is 0 Å². The zero-order valence-electron chi connectivity index (χ0n) is 20.0. The minimum atomic E-state index is -1.94. The first-order valence-electron chi connectivity index (χ1n) is 11.6. The summed E-state index contributed by atoms with van der Waals surface area (Å²) in [6.45, 7) is 8.53. The van der Waals surface area contributed by atoms with Crippen LogP contribution in [0.25, 0.3) is 10.4 Å². The second-order valence-electron chi connectivity index (χ2n) is 7.79. The maximum absolute atomic E-state index is 14.2. The summed E-state index contributed by atoms with van der Waals surface area (Å²) in [5.74, 6) is -9.07. The van der Waals surface area contributed by atoms with Gasteiger partial charge in [0.1, 0.15) is 11.3 Å². The van der Waals surface area contributed by atoms with Gasteiger partial charge in [-0.1, -0.05) is 18.5 Å². The fourth-order valence-corrected chi connectivity index (χ4v) is 3.35. The molecule has 0 bridgehead atoms. The summed E-state index contributed by atoms with van der Waals surface area (Å²) in [6, 6.07) is 0. The van der Waals surface area contributed by atoms with E-state index in [1.165, 1.54) is 0 Å². The summed E-state index contributed by atoms with van der Waals surface area (Å²) in [7, 11) is 0. The Morgan fingerprint density at radius 3 is 2.03 bits per heavy atom. The van der Waals surface area contributed by atoms with Crippen molar-refractivity contribution >= 4 is 11.6 Å². The van der Waals surface area contributed by atoms with Gasteiger partial charge in [0, 0.05) is 70.4 Å². The molecule has 1 rings (SSSR count). The summed E-state index contributed by atoms with van der Waals surface area (Å²) < 4.78 is 56.2. The highest BCUT2D eigenvalue weighted by Crippen LogP contribution is 2.30. The van der Waals surface area contributed by atoms with Crippen molar-refractivity contribution in [2.24, 2.45) is 16.6 Å². The molecule has 198 valence electrons. The molecule has 0 aliphatic carbocycles. The third-order valence-electron chi connectivity index (χ3n) is 5.26. The summed E-state index contributed by atoms with van der Waals surface area (Å²) in [5.41, 5.74) is 16.6. The lowest BCUT2D eigenvalue weighted by Gasteiger charge is -2.27. The van der Waals surface area contributed by atoms with E-state index in [4.69, 9.17) is 17.0 Å². The minimum Gasteiger partial charge on any atom is -0.351 e. The molecule has 0 heterocycles. The lowest BCUT2D eigenvalue weighted by Crippen LogP contribution is -2.43. The molecule has 0 unspecified atom stereocenters. The van der Waals surface area contributed by atoms with E-state index in [9.17, 15) is 22.4 Å². The van der Waals surface area contributed by atoms with Gasteiger partial charge >= 0.3 is 0 Å². The van der Waals surface area contributed by atoms with E-state index in [-0.39, 0.29) is 6.54 Å². The molecule has 1 aromatic rings. The van der Waals surface area contributed by atoms with E-state index in [1.54, 1.807) is 0 Å². The number of nitrogens with one attached hydrogen (secondary N) is 2. The van der Waals surface area contributed by atoms with Gasteiger partial charge in [-0.15, -0.1) is 0 Å². The molecule has 0 atom stereocenters. The number of hydrogen-bond donors (Lipinski definition) is 4. The van der Waals surface area contributed by atoms with Crippen LogP contribution in [-0.2, 0) is 0 Å². The van der Waals surface area contributed by atoms with Gasteiger partial charge in [-0.3, -0.25) is 9.69 Å². The molecule has 10 nitrogen and oxygen atoms in total. The quantitative estimate of drug-likeness (QED) is 0.0597. The molecule has 0 radical (unpaired) electrons. The Balaban J connectivity index is 2.73. The molecule has 1 amide bonds. The predicted molar refractivity (Wildman–Crippen MR) is 126 cm³/mol. The van der Waals surface area contributed by atoms with Crippen LogP contribution < -0.4 is 22.1 Å². The number of amides is 1. The van der Waals surface area contributed by atoms with Gasteiger partial charge in [-0.2, -0.15) is 0 Å². The van der Waals surface area contributed by atoms with Crippen LogP contribution in [0, 0.1) is 23.3 Å². The monoisotopic (exact) mass is 505 g/mol. The van der Waals surface area contributed by atoms with Crippen LogP contribution >= 0.6 is 0 Å². The van der Waals surface area contributed by atoms with Crippen LogP contribution in [0.4, 0.5) is 23.2 Å². The van der Waals surface area contributed by atoms with Crippen molar-refractivity contribution in [1.29, 1.82) is 0 Å². The van der Waals surface area contributed by atoms with Gasteiger partial charge in [0.2, 0.25) is 0 Å². The van der Waals surface area contributed by atoms with E-state index < -0.39 is 40.4 Å². The zero-order chi connectivity index (χ0) is 26.2. The van der Waals surface area contributed by atoms with Gasteiger partial charge in [-0.25, -0.2) is 17.6 Å². The summed E-state index contributed by atoms with van der Waals surface area (Å²) in [6.07, 6.45) is 2.11. The molecule has 0 saturated heterocycles. The molecule has 0 fully saturated rings. The number of halogens is 4. The standard InChI is InChI=1S/C21H35F4N9O/c1-2-3-9-33(11-7-29-6-4-26)13-14-34(10-5-27)12-8-30-21(35)15-16(22)18(24)20(31-32-28)19(25)17(15)23/h29H,2-14,26-27H2,1H3,(H,30,35). The number of rotatable bonds is 18. The van der Waals surface area contributed by atoms with E-state index >= 15 is 0 Å². The number of carbonyl (C=O) groups excluding carboxylic acids is 1. The molecule has 0 aliphatic rings. The Labute approximate surface area is 202 Å². The van der Waals surface area contributed by atoms with Gasteiger partial charge in [0.05, 0.1) is 0 Å². The number of unbranched alkanes of at least 4 members (excludes halogenated alkanes) is 1.